The molecule has 0 aliphatic carbocycles. The molecule has 1 heterocycles. The summed E-state index contributed by atoms with van der Waals surface area (Å²) in [5.41, 5.74) is 6.93. The van der Waals surface area contributed by atoms with Crippen LogP contribution in [0.5, 0.6) is 0 Å². The number of rotatable bonds is 2. The third-order valence-corrected chi connectivity index (χ3v) is 1.59. The Morgan fingerprint density at radius 3 is 2.57 bits per heavy atom. The largest absolute Gasteiger partial charge is 0.368 e. The highest BCUT2D eigenvalue weighted by atomic mass is 16.1. The van der Waals surface area contributed by atoms with Crippen LogP contribution < -0.4 is 5.73 Å². The van der Waals surface area contributed by atoms with Crippen LogP contribution in [-0.2, 0) is 4.79 Å². The number of nitrogens with two attached hydrogens (primary N) is 1. The molecule has 0 bridgehead atoms. The summed E-state index contributed by atoms with van der Waals surface area (Å²) in [5, 5.41) is 0. The van der Waals surface area contributed by atoms with Crippen molar-refractivity contribution in [2.75, 3.05) is 6.54 Å². The van der Waals surface area contributed by atoms with Crippen LogP contribution in [0.4, 0.5) is 0 Å². The molecule has 0 unspecified atom stereocenters. The van der Waals surface area contributed by atoms with Crippen molar-refractivity contribution >= 4 is 5.91 Å². The van der Waals surface area contributed by atoms with Crippen molar-refractivity contribution in [3.63, 3.8) is 0 Å². The first-order valence-electron chi connectivity index (χ1n) is 4.70. The maximum absolute atomic E-state index is 10.6. The standard InChI is InChI=1S/C9H12N2O.C2H6/c1-7-3-4-8(2)11(5-7)6-9(10)12;1-2/h3-5H,2,6H2,1H3,(H2,10,12);1-2H3. The molecule has 2 N–H and O–H groups in total. The summed E-state index contributed by atoms with van der Waals surface area (Å²) in [4.78, 5) is 12.3. The summed E-state index contributed by atoms with van der Waals surface area (Å²) in [5.74, 6) is -0.351. The van der Waals surface area contributed by atoms with E-state index in [0.717, 1.165) is 11.3 Å². The predicted molar refractivity (Wildman–Crippen MR) is 59.3 cm³/mol. The Kier molecular flexibility index (Phi) is 5.37. The minimum Gasteiger partial charge on any atom is -0.368 e. The minimum absolute atomic E-state index is 0.195. The van der Waals surface area contributed by atoms with Crippen LogP contribution in [0, 0.1) is 0 Å². The van der Waals surface area contributed by atoms with Gasteiger partial charge in [0.1, 0.15) is 6.54 Å². The fourth-order valence-corrected chi connectivity index (χ4v) is 1.01. The van der Waals surface area contributed by atoms with E-state index in [1.807, 2.05) is 39.1 Å². The highest BCUT2D eigenvalue weighted by Gasteiger charge is 2.08. The Balaban J connectivity index is 0.000000791. The number of carbonyl (C=O) groups is 1. The zero-order chi connectivity index (χ0) is 11.1. The van der Waals surface area contributed by atoms with Gasteiger partial charge in [0.2, 0.25) is 5.91 Å². The number of allylic oxidation sites excluding steroid dienone is 3. The molecule has 3 heteroatoms. The van der Waals surface area contributed by atoms with E-state index in [2.05, 4.69) is 6.58 Å². The van der Waals surface area contributed by atoms with Crippen LogP contribution >= 0.6 is 0 Å². The summed E-state index contributed by atoms with van der Waals surface area (Å²) in [7, 11) is 0. The number of carbonyl (C=O) groups excluding carboxylic acids is 1. The van der Waals surface area contributed by atoms with Gasteiger partial charge in [-0.2, -0.15) is 0 Å². The summed E-state index contributed by atoms with van der Waals surface area (Å²) in [6, 6.07) is 0. The second kappa shape index (κ2) is 6.02. The summed E-state index contributed by atoms with van der Waals surface area (Å²) in [6.07, 6.45) is 5.66. The van der Waals surface area contributed by atoms with E-state index in [-0.39, 0.29) is 12.5 Å². The van der Waals surface area contributed by atoms with Gasteiger partial charge in [-0.15, -0.1) is 0 Å². The molecule has 1 aliphatic heterocycles. The summed E-state index contributed by atoms with van der Waals surface area (Å²) >= 11 is 0. The van der Waals surface area contributed by atoms with Crippen LogP contribution in [-0.4, -0.2) is 17.4 Å². The molecule has 0 saturated heterocycles. The maximum Gasteiger partial charge on any atom is 0.237 e. The van der Waals surface area contributed by atoms with Gasteiger partial charge in [-0.05, 0) is 18.6 Å². The third-order valence-electron chi connectivity index (χ3n) is 1.59. The normalized spacial score (nSPS) is 14.4. The van der Waals surface area contributed by atoms with Crippen LogP contribution in [0.1, 0.15) is 20.8 Å². The van der Waals surface area contributed by atoms with E-state index in [4.69, 9.17) is 5.73 Å². The van der Waals surface area contributed by atoms with Gasteiger partial charge in [-0.3, -0.25) is 4.79 Å². The smallest absolute Gasteiger partial charge is 0.237 e. The maximum atomic E-state index is 10.6. The highest BCUT2D eigenvalue weighted by Crippen LogP contribution is 2.13. The summed E-state index contributed by atoms with van der Waals surface area (Å²) < 4.78 is 0. The van der Waals surface area contributed by atoms with Crippen molar-refractivity contribution in [1.82, 2.24) is 4.90 Å². The number of hydrogen-bond donors (Lipinski definition) is 1. The quantitative estimate of drug-likeness (QED) is 0.728. The monoisotopic (exact) mass is 194 g/mol. The average Bonchev–Trinajstić information content (AvgIpc) is 2.14. The second-order valence-corrected chi connectivity index (χ2v) is 2.79. The van der Waals surface area contributed by atoms with Crippen molar-refractivity contribution < 1.29 is 4.79 Å². The van der Waals surface area contributed by atoms with Gasteiger partial charge in [-0.25, -0.2) is 0 Å². The zero-order valence-corrected chi connectivity index (χ0v) is 9.08. The fraction of sp³-hybridized carbons (Fsp3) is 0.364. The molecule has 1 amide bonds. The van der Waals surface area contributed by atoms with Gasteiger partial charge in [-0.1, -0.05) is 26.5 Å². The Labute approximate surface area is 85.6 Å². The van der Waals surface area contributed by atoms with Crippen LogP contribution in [0.25, 0.3) is 0 Å². The Hall–Kier alpha value is -1.51. The highest BCUT2D eigenvalue weighted by molar-refractivity contribution is 5.76. The fourth-order valence-electron chi connectivity index (χ4n) is 1.01. The first-order chi connectivity index (χ1) is 6.59. The van der Waals surface area contributed by atoms with E-state index >= 15 is 0 Å². The lowest BCUT2D eigenvalue weighted by atomic mass is 10.2. The molecule has 0 fully saturated rings. The van der Waals surface area contributed by atoms with E-state index in [9.17, 15) is 4.79 Å². The number of amides is 1. The topological polar surface area (TPSA) is 46.3 Å². The molecule has 0 saturated carbocycles. The van der Waals surface area contributed by atoms with Gasteiger partial charge in [0.05, 0.1) is 0 Å². The number of hydrogen-bond acceptors (Lipinski definition) is 2. The zero-order valence-electron chi connectivity index (χ0n) is 9.08. The second-order valence-electron chi connectivity index (χ2n) is 2.79. The van der Waals surface area contributed by atoms with Crippen molar-refractivity contribution in [2.45, 2.75) is 20.8 Å². The van der Waals surface area contributed by atoms with Crippen LogP contribution in [0.3, 0.4) is 0 Å². The van der Waals surface area contributed by atoms with E-state index in [1.54, 1.807) is 4.90 Å². The molecule has 3 nitrogen and oxygen atoms in total. The molecule has 0 spiro atoms. The van der Waals surface area contributed by atoms with Crippen LogP contribution in [0.2, 0.25) is 0 Å². The van der Waals surface area contributed by atoms with Gasteiger partial charge in [0.25, 0.3) is 0 Å². The van der Waals surface area contributed by atoms with E-state index < -0.39 is 0 Å². The Morgan fingerprint density at radius 2 is 2.07 bits per heavy atom. The SMILES string of the molecule is C=C1C=CC(C)=CN1CC(N)=O.CC. The molecule has 1 aliphatic rings. The predicted octanol–water partition coefficient (Wildman–Crippen LogP) is 1.79. The molecule has 1 rings (SSSR count). The van der Waals surface area contributed by atoms with Crippen molar-refractivity contribution in [3.05, 3.63) is 36.2 Å². The molecular formula is C11H18N2O. The molecule has 0 aromatic rings. The number of primary amides is 1. The van der Waals surface area contributed by atoms with Crippen LogP contribution in [0.15, 0.2) is 36.2 Å². The lowest BCUT2D eigenvalue weighted by Crippen LogP contribution is -2.29. The van der Waals surface area contributed by atoms with E-state index in [0.29, 0.717) is 0 Å². The molecule has 0 atom stereocenters. The summed E-state index contributed by atoms with van der Waals surface area (Å²) in [6.45, 7) is 9.92. The number of nitrogens with zero attached hydrogens (tertiary/aromatic N) is 1. The van der Waals surface area contributed by atoms with Gasteiger partial charge in [0, 0.05) is 11.9 Å². The van der Waals surface area contributed by atoms with Crippen molar-refractivity contribution in [2.24, 2.45) is 5.73 Å². The molecular weight excluding hydrogens is 176 g/mol. The molecule has 0 radical (unpaired) electrons. The van der Waals surface area contributed by atoms with Crippen molar-refractivity contribution in [1.29, 1.82) is 0 Å². The lowest BCUT2D eigenvalue weighted by molar-refractivity contribution is -0.118. The third kappa shape index (κ3) is 3.94. The van der Waals surface area contributed by atoms with Gasteiger partial charge < -0.3 is 10.6 Å². The first kappa shape index (κ1) is 12.5. The molecule has 0 aromatic carbocycles. The Bertz CT molecular complexity index is 277. The minimum atomic E-state index is -0.351. The van der Waals surface area contributed by atoms with Gasteiger partial charge >= 0.3 is 0 Å². The average molecular weight is 194 g/mol. The van der Waals surface area contributed by atoms with Gasteiger partial charge in [0.15, 0.2) is 0 Å². The first-order valence-corrected chi connectivity index (χ1v) is 4.70. The molecule has 0 aromatic heterocycles. The molecule has 78 valence electrons. The lowest BCUT2D eigenvalue weighted by Gasteiger charge is -2.22. The molecule has 14 heavy (non-hydrogen) atoms. The van der Waals surface area contributed by atoms with Crippen molar-refractivity contribution in [3.8, 4) is 0 Å². The van der Waals surface area contributed by atoms with E-state index in [1.165, 1.54) is 0 Å². The Morgan fingerprint density at radius 1 is 1.50 bits per heavy atom.